The smallest absolute Gasteiger partial charge is 0.228 e. The van der Waals surface area contributed by atoms with Crippen LogP contribution in [0.25, 0.3) is 0 Å². The van der Waals surface area contributed by atoms with Crippen LogP contribution < -0.4 is 0 Å². The second-order valence-electron chi connectivity index (χ2n) is 5.15. The topological polar surface area (TPSA) is 20.3 Å². The van der Waals surface area contributed by atoms with E-state index in [1.165, 1.54) is 5.56 Å². The predicted molar refractivity (Wildman–Crippen MR) is 75.1 cm³/mol. The number of carbonyl (C=O) groups excluding carboxylic acids is 1. The van der Waals surface area contributed by atoms with E-state index in [-0.39, 0.29) is 11.3 Å². The van der Waals surface area contributed by atoms with Crippen molar-refractivity contribution in [1.29, 1.82) is 0 Å². The summed E-state index contributed by atoms with van der Waals surface area (Å²) in [5.74, 6) is 0.195. The largest absolute Gasteiger partial charge is 0.337 e. The number of hydrogen-bond donors (Lipinski definition) is 0. The van der Waals surface area contributed by atoms with Crippen LogP contribution in [-0.4, -0.2) is 22.7 Å². The molecule has 0 saturated heterocycles. The van der Waals surface area contributed by atoms with Crippen molar-refractivity contribution in [2.75, 3.05) is 11.9 Å². The number of nitrogens with zero attached hydrogens (tertiary/aromatic N) is 1. The molecule has 0 heterocycles. The zero-order valence-corrected chi connectivity index (χ0v) is 12.3. The molecule has 0 unspecified atom stereocenters. The molecule has 0 N–H and O–H groups in total. The summed E-state index contributed by atoms with van der Waals surface area (Å²) in [6, 6.07) is 10.1. The Balaban J connectivity index is 2.77. The fourth-order valence-electron chi connectivity index (χ4n) is 1.63. The minimum absolute atomic E-state index is 0.195. The van der Waals surface area contributed by atoms with E-state index in [0.29, 0.717) is 6.54 Å². The highest BCUT2D eigenvalue weighted by Gasteiger charge is 2.26. The van der Waals surface area contributed by atoms with Gasteiger partial charge in [0, 0.05) is 23.8 Å². The molecule has 0 spiro atoms. The summed E-state index contributed by atoms with van der Waals surface area (Å²) in [7, 11) is 0. The second-order valence-corrected chi connectivity index (χ2v) is 5.94. The molecule has 3 heteroatoms. The molecule has 2 nitrogen and oxygen atoms in total. The number of hydrogen-bond acceptors (Lipinski definition) is 1. The highest BCUT2D eigenvalue weighted by Crippen LogP contribution is 2.19. The molecule has 0 radical (unpaired) electrons. The zero-order valence-electron chi connectivity index (χ0n) is 10.7. The summed E-state index contributed by atoms with van der Waals surface area (Å²) in [6.07, 6.45) is 0. The van der Waals surface area contributed by atoms with Crippen LogP contribution in [0.2, 0.25) is 0 Å². The first-order valence-electron chi connectivity index (χ1n) is 5.84. The Labute approximate surface area is 112 Å². The summed E-state index contributed by atoms with van der Waals surface area (Å²) >= 11 is 3.40. The third-order valence-electron chi connectivity index (χ3n) is 2.50. The van der Waals surface area contributed by atoms with Crippen molar-refractivity contribution in [2.24, 2.45) is 5.41 Å². The third kappa shape index (κ3) is 4.50. The Morgan fingerprint density at radius 1 is 1.24 bits per heavy atom. The summed E-state index contributed by atoms with van der Waals surface area (Å²) in [6.45, 7) is 7.30. The van der Waals surface area contributed by atoms with Crippen molar-refractivity contribution in [3.05, 3.63) is 35.9 Å². The van der Waals surface area contributed by atoms with Gasteiger partial charge in [0.05, 0.1) is 0 Å². The SMILES string of the molecule is CC(C)(C)C(=O)N(CCBr)Cc1ccccc1. The number of carbonyl (C=O) groups is 1. The van der Waals surface area contributed by atoms with E-state index in [4.69, 9.17) is 0 Å². The Kier molecular flexibility index (Phi) is 5.19. The van der Waals surface area contributed by atoms with Crippen LogP contribution >= 0.6 is 15.9 Å². The van der Waals surface area contributed by atoms with Crippen LogP contribution in [0.1, 0.15) is 26.3 Å². The van der Waals surface area contributed by atoms with E-state index in [1.807, 2.05) is 43.9 Å². The van der Waals surface area contributed by atoms with Crippen LogP contribution in [0.5, 0.6) is 0 Å². The highest BCUT2D eigenvalue weighted by molar-refractivity contribution is 9.09. The molecule has 0 saturated carbocycles. The quantitative estimate of drug-likeness (QED) is 0.780. The monoisotopic (exact) mass is 297 g/mol. The van der Waals surface area contributed by atoms with Gasteiger partial charge in [0.25, 0.3) is 0 Å². The maximum absolute atomic E-state index is 12.3. The van der Waals surface area contributed by atoms with Gasteiger partial charge in [-0.2, -0.15) is 0 Å². The lowest BCUT2D eigenvalue weighted by atomic mass is 9.94. The first-order valence-corrected chi connectivity index (χ1v) is 6.96. The maximum atomic E-state index is 12.3. The molecule has 1 aromatic rings. The lowest BCUT2D eigenvalue weighted by molar-refractivity contribution is -0.139. The molecule has 0 aromatic heterocycles. The van der Waals surface area contributed by atoms with Crippen LogP contribution in [0.4, 0.5) is 0 Å². The van der Waals surface area contributed by atoms with E-state index < -0.39 is 0 Å². The average molecular weight is 298 g/mol. The van der Waals surface area contributed by atoms with Crippen LogP contribution in [0.15, 0.2) is 30.3 Å². The summed E-state index contributed by atoms with van der Waals surface area (Å²) in [5.41, 5.74) is 0.850. The number of alkyl halides is 1. The molecule has 0 bridgehead atoms. The zero-order chi connectivity index (χ0) is 12.9. The van der Waals surface area contributed by atoms with Crippen LogP contribution in [0.3, 0.4) is 0 Å². The second kappa shape index (κ2) is 6.20. The molecular formula is C14H20BrNO. The molecule has 0 atom stereocenters. The van der Waals surface area contributed by atoms with E-state index in [9.17, 15) is 4.79 Å². The van der Waals surface area contributed by atoms with Gasteiger partial charge in [0.15, 0.2) is 0 Å². The lowest BCUT2D eigenvalue weighted by Crippen LogP contribution is -2.40. The lowest BCUT2D eigenvalue weighted by Gasteiger charge is -2.29. The Morgan fingerprint density at radius 3 is 2.29 bits per heavy atom. The molecule has 0 fully saturated rings. The van der Waals surface area contributed by atoms with Crippen molar-refractivity contribution in [3.63, 3.8) is 0 Å². The molecule has 0 aliphatic rings. The molecule has 1 amide bonds. The highest BCUT2D eigenvalue weighted by atomic mass is 79.9. The van der Waals surface area contributed by atoms with Gasteiger partial charge in [-0.15, -0.1) is 0 Å². The first-order chi connectivity index (χ1) is 7.95. The number of halogens is 1. The first kappa shape index (κ1) is 14.2. The normalized spacial score (nSPS) is 11.3. The van der Waals surface area contributed by atoms with Crippen molar-refractivity contribution in [3.8, 4) is 0 Å². The van der Waals surface area contributed by atoms with Gasteiger partial charge in [-0.3, -0.25) is 4.79 Å². The maximum Gasteiger partial charge on any atom is 0.228 e. The minimum Gasteiger partial charge on any atom is -0.337 e. The molecule has 0 aliphatic heterocycles. The fourth-order valence-corrected chi connectivity index (χ4v) is 2.06. The minimum atomic E-state index is -0.322. The van der Waals surface area contributed by atoms with Crippen molar-refractivity contribution in [2.45, 2.75) is 27.3 Å². The van der Waals surface area contributed by atoms with Gasteiger partial charge in [-0.1, -0.05) is 67.0 Å². The van der Waals surface area contributed by atoms with Crippen LogP contribution in [-0.2, 0) is 11.3 Å². The van der Waals surface area contributed by atoms with E-state index in [2.05, 4.69) is 28.1 Å². The standard InChI is InChI=1S/C14H20BrNO/c1-14(2,3)13(17)16(10-9-15)11-12-7-5-4-6-8-12/h4-8H,9-11H2,1-3H3. The molecule has 17 heavy (non-hydrogen) atoms. The summed E-state index contributed by atoms with van der Waals surface area (Å²) in [4.78, 5) is 14.2. The van der Waals surface area contributed by atoms with Gasteiger partial charge in [0.2, 0.25) is 5.91 Å². The van der Waals surface area contributed by atoms with Gasteiger partial charge >= 0.3 is 0 Å². The molecule has 0 aliphatic carbocycles. The Hall–Kier alpha value is -0.830. The van der Waals surface area contributed by atoms with Crippen LogP contribution in [0, 0.1) is 5.41 Å². The Bertz CT molecular complexity index is 356. The van der Waals surface area contributed by atoms with Gasteiger partial charge in [-0.25, -0.2) is 0 Å². The van der Waals surface area contributed by atoms with E-state index in [1.54, 1.807) is 0 Å². The summed E-state index contributed by atoms with van der Waals surface area (Å²) < 4.78 is 0. The molecular weight excluding hydrogens is 278 g/mol. The fraction of sp³-hybridized carbons (Fsp3) is 0.500. The van der Waals surface area contributed by atoms with E-state index >= 15 is 0 Å². The van der Waals surface area contributed by atoms with Gasteiger partial charge in [0.1, 0.15) is 0 Å². The van der Waals surface area contributed by atoms with Gasteiger partial charge < -0.3 is 4.90 Å². The van der Waals surface area contributed by atoms with Gasteiger partial charge in [-0.05, 0) is 5.56 Å². The predicted octanol–water partition coefficient (Wildman–Crippen LogP) is 3.46. The molecule has 1 rings (SSSR count). The third-order valence-corrected chi connectivity index (χ3v) is 2.85. The summed E-state index contributed by atoms with van der Waals surface area (Å²) in [5, 5.41) is 0.807. The number of rotatable bonds is 4. The Morgan fingerprint density at radius 2 is 1.82 bits per heavy atom. The number of amides is 1. The molecule has 1 aromatic carbocycles. The van der Waals surface area contributed by atoms with Crippen molar-refractivity contribution in [1.82, 2.24) is 4.90 Å². The van der Waals surface area contributed by atoms with E-state index in [0.717, 1.165) is 11.9 Å². The van der Waals surface area contributed by atoms with Crippen molar-refractivity contribution < 1.29 is 4.79 Å². The molecule has 94 valence electrons. The number of benzene rings is 1. The van der Waals surface area contributed by atoms with Crippen molar-refractivity contribution >= 4 is 21.8 Å². The average Bonchev–Trinajstić information content (AvgIpc) is 2.28.